The average molecular weight is 290 g/mol. The molecule has 2 amide bonds. The van der Waals surface area contributed by atoms with Crippen molar-refractivity contribution in [3.8, 4) is 0 Å². The summed E-state index contributed by atoms with van der Waals surface area (Å²) in [6.07, 6.45) is 2.04. The van der Waals surface area contributed by atoms with Crippen LogP contribution in [0.4, 0.5) is 0 Å². The van der Waals surface area contributed by atoms with E-state index in [1.165, 1.54) is 6.92 Å². The van der Waals surface area contributed by atoms with Gasteiger partial charge in [0.1, 0.15) is 6.54 Å². The van der Waals surface area contributed by atoms with E-state index in [0.717, 1.165) is 30.5 Å². The van der Waals surface area contributed by atoms with Crippen molar-refractivity contribution < 1.29 is 9.59 Å². The summed E-state index contributed by atoms with van der Waals surface area (Å²) in [7, 11) is 1.80. The lowest BCUT2D eigenvalue weighted by atomic mass is 10.1. The first-order valence-corrected chi connectivity index (χ1v) is 7.49. The predicted octanol–water partition coefficient (Wildman–Crippen LogP) is 2.60. The second kappa shape index (κ2) is 8.45. The molecule has 1 aromatic rings. The number of benzene rings is 1. The van der Waals surface area contributed by atoms with Gasteiger partial charge < -0.3 is 9.80 Å². The van der Waals surface area contributed by atoms with Gasteiger partial charge in [-0.15, -0.1) is 0 Å². The van der Waals surface area contributed by atoms with E-state index in [9.17, 15) is 9.59 Å². The van der Waals surface area contributed by atoms with Gasteiger partial charge >= 0.3 is 0 Å². The van der Waals surface area contributed by atoms with E-state index in [2.05, 4.69) is 6.92 Å². The monoisotopic (exact) mass is 290 g/mol. The van der Waals surface area contributed by atoms with Gasteiger partial charge in [-0.1, -0.05) is 37.6 Å². The minimum Gasteiger partial charge on any atom is -0.344 e. The Morgan fingerprint density at radius 1 is 1.19 bits per heavy atom. The Labute approximate surface area is 127 Å². The van der Waals surface area contributed by atoms with Gasteiger partial charge in [0.2, 0.25) is 11.8 Å². The number of rotatable bonds is 7. The van der Waals surface area contributed by atoms with Crippen LogP contribution in [-0.2, 0) is 16.1 Å². The van der Waals surface area contributed by atoms with E-state index in [1.54, 1.807) is 16.8 Å². The Hall–Kier alpha value is -1.84. The van der Waals surface area contributed by atoms with Gasteiger partial charge in [-0.3, -0.25) is 9.59 Å². The van der Waals surface area contributed by atoms with E-state index in [0.29, 0.717) is 6.54 Å². The molecular formula is C17H26N2O2. The van der Waals surface area contributed by atoms with Crippen molar-refractivity contribution in [1.82, 2.24) is 9.80 Å². The van der Waals surface area contributed by atoms with Gasteiger partial charge in [-0.05, 0) is 24.5 Å². The smallest absolute Gasteiger partial charge is 0.241 e. The molecule has 0 radical (unpaired) electrons. The summed E-state index contributed by atoms with van der Waals surface area (Å²) < 4.78 is 0. The summed E-state index contributed by atoms with van der Waals surface area (Å²) in [4.78, 5) is 27.3. The molecule has 0 N–H and O–H groups in total. The van der Waals surface area contributed by atoms with Crippen LogP contribution >= 0.6 is 0 Å². The fourth-order valence-electron chi connectivity index (χ4n) is 2.08. The first-order valence-electron chi connectivity index (χ1n) is 7.49. The molecule has 1 rings (SSSR count). The van der Waals surface area contributed by atoms with Crippen molar-refractivity contribution in [2.24, 2.45) is 0 Å². The lowest BCUT2D eigenvalue weighted by molar-refractivity contribution is -0.139. The fourth-order valence-corrected chi connectivity index (χ4v) is 2.08. The van der Waals surface area contributed by atoms with E-state index in [4.69, 9.17) is 0 Å². The third-order valence-corrected chi connectivity index (χ3v) is 3.67. The lowest BCUT2D eigenvalue weighted by Crippen LogP contribution is -2.40. The zero-order valence-corrected chi connectivity index (χ0v) is 13.6. The zero-order chi connectivity index (χ0) is 15.8. The maximum Gasteiger partial charge on any atom is 0.241 e. The molecular weight excluding hydrogens is 264 g/mol. The van der Waals surface area contributed by atoms with Gasteiger partial charge in [-0.25, -0.2) is 0 Å². The molecule has 4 heteroatoms. The third kappa shape index (κ3) is 5.58. The zero-order valence-electron chi connectivity index (χ0n) is 13.6. The van der Waals surface area contributed by atoms with Crippen molar-refractivity contribution in [1.29, 1.82) is 0 Å². The lowest BCUT2D eigenvalue weighted by Gasteiger charge is -2.25. The van der Waals surface area contributed by atoms with Gasteiger partial charge in [0, 0.05) is 27.1 Å². The molecule has 0 aliphatic heterocycles. The predicted molar refractivity (Wildman–Crippen MR) is 84.8 cm³/mol. The number of amides is 2. The largest absolute Gasteiger partial charge is 0.344 e. The number of carbonyl (C=O) groups is 2. The molecule has 21 heavy (non-hydrogen) atoms. The Morgan fingerprint density at radius 2 is 1.86 bits per heavy atom. The molecule has 0 aliphatic carbocycles. The summed E-state index contributed by atoms with van der Waals surface area (Å²) >= 11 is 0. The van der Waals surface area contributed by atoms with Crippen molar-refractivity contribution >= 4 is 11.8 Å². The Kier molecular flexibility index (Phi) is 6.92. The summed E-state index contributed by atoms with van der Waals surface area (Å²) in [5, 5.41) is 0. The Bertz CT molecular complexity index is 485. The highest BCUT2D eigenvalue weighted by Gasteiger charge is 2.17. The standard InChI is InChI=1S/C17H26N2O2/c1-5-6-11-18(4)17(21)13-19(15(3)20)12-16-10-8-7-9-14(16)2/h7-10H,5-6,11-13H2,1-4H3. The van der Waals surface area contributed by atoms with Crippen LogP contribution in [0.25, 0.3) is 0 Å². The van der Waals surface area contributed by atoms with Crippen molar-refractivity contribution in [2.45, 2.75) is 40.2 Å². The van der Waals surface area contributed by atoms with Crippen LogP contribution in [0.15, 0.2) is 24.3 Å². The number of hydrogen-bond donors (Lipinski definition) is 0. The molecule has 0 atom stereocenters. The molecule has 1 aromatic carbocycles. The van der Waals surface area contributed by atoms with Crippen LogP contribution in [0.2, 0.25) is 0 Å². The summed E-state index contributed by atoms with van der Waals surface area (Å²) in [6.45, 7) is 6.99. The van der Waals surface area contributed by atoms with Gasteiger partial charge in [-0.2, -0.15) is 0 Å². The fraction of sp³-hybridized carbons (Fsp3) is 0.529. The molecule has 0 unspecified atom stereocenters. The van der Waals surface area contributed by atoms with Crippen LogP contribution in [0.1, 0.15) is 37.8 Å². The summed E-state index contributed by atoms with van der Waals surface area (Å²) in [5.41, 5.74) is 2.22. The van der Waals surface area contributed by atoms with Crippen LogP contribution in [-0.4, -0.2) is 41.8 Å². The number of carbonyl (C=O) groups excluding carboxylic acids is 2. The normalized spacial score (nSPS) is 10.3. The van der Waals surface area contributed by atoms with E-state index in [1.807, 2.05) is 31.2 Å². The number of likely N-dealkylation sites (N-methyl/N-ethyl adjacent to an activating group) is 1. The van der Waals surface area contributed by atoms with Crippen LogP contribution < -0.4 is 0 Å². The quantitative estimate of drug-likeness (QED) is 0.774. The van der Waals surface area contributed by atoms with Crippen LogP contribution in [0, 0.1) is 6.92 Å². The highest BCUT2D eigenvalue weighted by molar-refractivity contribution is 5.83. The van der Waals surface area contributed by atoms with E-state index in [-0.39, 0.29) is 18.4 Å². The first-order chi connectivity index (χ1) is 9.95. The minimum absolute atomic E-state index is 0.00719. The summed E-state index contributed by atoms with van der Waals surface area (Å²) in [5.74, 6) is -0.0808. The van der Waals surface area contributed by atoms with Crippen molar-refractivity contribution in [2.75, 3.05) is 20.1 Å². The molecule has 0 aromatic heterocycles. The molecule has 0 saturated heterocycles. The highest BCUT2D eigenvalue weighted by atomic mass is 16.2. The highest BCUT2D eigenvalue weighted by Crippen LogP contribution is 2.11. The number of hydrogen-bond acceptors (Lipinski definition) is 2. The molecule has 0 saturated carbocycles. The molecule has 0 aliphatic rings. The van der Waals surface area contributed by atoms with Gasteiger partial charge in [0.25, 0.3) is 0 Å². The maximum absolute atomic E-state index is 12.2. The maximum atomic E-state index is 12.2. The molecule has 4 nitrogen and oxygen atoms in total. The number of aryl methyl sites for hydroxylation is 1. The van der Waals surface area contributed by atoms with Crippen molar-refractivity contribution in [3.63, 3.8) is 0 Å². The molecule has 0 spiro atoms. The Balaban J connectivity index is 2.68. The van der Waals surface area contributed by atoms with Crippen LogP contribution in [0.3, 0.4) is 0 Å². The van der Waals surface area contributed by atoms with Crippen LogP contribution in [0.5, 0.6) is 0 Å². The molecule has 0 heterocycles. The van der Waals surface area contributed by atoms with Crippen molar-refractivity contribution in [3.05, 3.63) is 35.4 Å². The number of unbranched alkanes of at least 4 members (excludes halogenated alkanes) is 1. The first kappa shape index (κ1) is 17.2. The minimum atomic E-state index is -0.0736. The number of nitrogens with zero attached hydrogens (tertiary/aromatic N) is 2. The molecule has 0 bridgehead atoms. The average Bonchev–Trinajstić information content (AvgIpc) is 2.45. The molecule has 0 fully saturated rings. The second-order valence-corrected chi connectivity index (χ2v) is 5.47. The van der Waals surface area contributed by atoms with Gasteiger partial charge in [0.05, 0.1) is 0 Å². The van der Waals surface area contributed by atoms with Gasteiger partial charge in [0.15, 0.2) is 0 Å². The van der Waals surface area contributed by atoms with E-state index < -0.39 is 0 Å². The Morgan fingerprint density at radius 3 is 2.43 bits per heavy atom. The van der Waals surface area contributed by atoms with E-state index >= 15 is 0 Å². The topological polar surface area (TPSA) is 40.6 Å². The second-order valence-electron chi connectivity index (χ2n) is 5.47. The third-order valence-electron chi connectivity index (χ3n) is 3.67. The SMILES string of the molecule is CCCCN(C)C(=O)CN(Cc1ccccc1C)C(C)=O. The summed E-state index contributed by atoms with van der Waals surface area (Å²) in [6, 6.07) is 7.94. The molecule has 116 valence electrons.